The molecule has 3 nitrogen and oxygen atoms in total. The van der Waals surface area contributed by atoms with Crippen LogP contribution >= 0.6 is 0 Å². The first-order chi connectivity index (χ1) is 8.44. The van der Waals surface area contributed by atoms with E-state index in [4.69, 9.17) is 4.74 Å². The lowest BCUT2D eigenvalue weighted by molar-refractivity contribution is -0.138. The van der Waals surface area contributed by atoms with E-state index < -0.39 is 0 Å². The van der Waals surface area contributed by atoms with E-state index in [2.05, 4.69) is 25.7 Å². The summed E-state index contributed by atoms with van der Waals surface area (Å²) in [6, 6.07) is 0. The zero-order chi connectivity index (χ0) is 13.2. The van der Waals surface area contributed by atoms with Gasteiger partial charge in [0.05, 0.1) is 13.2 Å². The highest BCUT2D eigenvalue weighted by molar-refractivity contribution is 5.89. The number of carbonyl (C=O) groups is 1. The first-order valence-electron chi connectivity index (χ1n) is 7.29. The Morgan fingerprint density at radius 1 is 1.17 bits per heavy atom. The number of nitrogens with zero attached hydrogens (tertiary/aromatic N) is 1. The third kappa shape index (κ3) is 2.94. The van der Waals surface area contributed by atoms with Crippen LogP contribution in [-0.4, -0.2) is 43.5 Å². The normalized spacial score (nSPS) is 25.3. The topological polar surface area (TPSA) is 29.5 Å². The van der Waals surface area contributed by atoms with Gasteiger partial charge in [-0.05, 0) is 12.8 Å². The van der Waals surface area contributed by atoms with Gasteiger partial charge in [-0.3, -0.25) is 9.69 Å². The molecule has 0 aromatic carbocycles. The zero-order valence-corrected chi connectivity index (χ0v) is 12.1. The minimum Gasteiger partial charge on any atom is -0.379 e. The summed E-state index contributed by atoms with van der Waals surface area (Å²) in [5.41, 5.74) is -0.285. The van der Waals surface area contributed by atoms with Crippen LogP contribution in [0.1, 0.15) is 46.5 Å². The summed E-state index contributed by atoms with van der Waals surface area (Å²) in [6.07, 6.45) is 4.60. The monoisotopic (exact) mass is 253 g/mol. The number of Topliss-reactive ketones (excluding diaryl/α,β-unsaturated/α-hetero) is 1. The van der Waals surface area contributed by atoms with Crippen LogP contribution in [0.5, 0.6) is 0 Å². The molecule has 1 aliphatic heterocycles. The van der Waals surface area contributed by atoms with Crippen LogP contribution < -0.4 is 0 Å². The number of ketones is 1. The standard InChI is InChI=1S/C15H27NO2/c1-14(2,3)13(17)15(6-4-5-7-15)12-16-8-10-18-11-9-16/h4-12H2,1-3H3. The molecule has 2 aliphatic rings. The lowest BCUT2D eigenvalue weighted by Crippen LogP contribution is -2.49. The molecule has 3 heteroatoms. The fraction of sp³-hybridized carbons (Fsp3) is 0.933. The maximum Gasteiger partial charge on any atom is 0.145 e. The van der Waals surface area contributed by atoms with Gasteiger partial charge < -0.3 is 4.74 Å². The third-order valence-corrected chi connectivity index (χ3v) is 4.35. The Kier molecular flexibility index (Phi) is 4.12. The van der Waals surface area contributed by atoms with E-state index in [0.717, 1.165) is 45.7 Å². The Bertz CT molecular complexity index is 294. The zero-order valence-electron chi connectivity index (χ0n) is 12.1. The van der Waals surface area contributed by atoms with Gasteiger partial charge in [0.1, 0.15) is 5.78 Å². The highest BCUT2D eigenvalue weighted by Gasteiger charge is 2.46. The van der Waals surface area contributed by atoms with Crippen LogP contribution in [0, 0.1) is 10.8 Å². The molecule has 1 saturated heterocycles. The molecule has 0 bridgehead atoms. The fourth-order valence-electron chi connectivity index (χ4n) is 3.49. The molecule has 2 fully saturated rings. The van der Waals surface area contributed by atoms with Crippen LogP contribution in [0.15, 0.2) is 0 Å². The Hall–Kier alpha value is -0.410. The number of morpholine rings is 1. The predicted octanol–water partition coefficient (Wildman–Crippen LogP) is 2.49. The van der Waals surface area contributed by atoms with Crippen molar-refractivity contribution in [3.05, 3.63) is 0 Å². The van der Waals surface area contributed by atoms with Gasteiger partial charge in [0.2, 0.25) is 0 Å². The molecule has 0 unspecified atom stereocenters. The van der Waals surface area contributed by atoms with E-state index >= 15 is 0 Å². The van der Waals surface area contributed by atoms with Gasteiger partial charge in [-0.15, -0.1) is 0 Å². The van der Waals surface area contributed by atoms with Gasteiger partial charge in [-0.1, -0.05) is 33.6 Å². The second-order valence-corrected chi connectivity index (χ2v) is 6.96. The molecule has 0 aromatic heterocycles. The molecule has 18 heavy (non-hydrogen) atoms. The summed E-state index contributed by atoms with van der Waals surface area (Å²) in [7, 11) is 0. The number of hydrogen-bond acceptors (Lipinski definition) is 3. The van der Waals surface area contributed by atoms with Crippen molar-refractivity contribution >= 4 is 5.78 Å². The lowest BCUT2D eigenvalue weighted by Gasteiger charge is -2.39. The van der Waals surface area contributed by atoms with Crippen LogP contribution in [0.2, 0.25) is 0 Å². The predicted molar refractivity (Wildman–Crippen MR) is 72.6 cm³/mol. The minimum absolute atomic E-state index is 0.0738. The number of hydrogen-bond donors (Lipinski definition) is 0. The Labute approximate surface area is 111 Å². The number of carbonyl (C=O) groups excluding carboxylic acids is 1. The molecule has 2 rings (SSSR count). The van der Waals surface area contributed by atoms with Crippen molar-refractivity contribution in [2.45, 2.75) is 46.5 Å². The fourth-order valence-corrected chi connectivity index (χ4v) is 3.49. The second-order valence-electron chi connectivity index (χ2n) is 6.96. The van der Waals surface area contributed by atoms with Crippen molar-refractivity contribution in [2.24, 2.45) is 10.8 Å². The van der Waals surface area contributed by atoms with Gasteiger partial charge in [0.25, 0.3) is 0 Å². The van der Waals surface area contributed by atoms with Crippen molar-refractivity contribution in [2.75, 3.05) is 32.8 Å². The molecule has 1 aliphatic carbocycles. The summed E-state index contributed by atoms with van der Waals surface area (Å²) >= 11 is 0. The summed E-state index contributed by atoms with van der Waals surface area (Å²) in [4.78, 5) is 15.2. The third-order valence-electron chi connectivity index (χ3n) is 4.35. The number of rotatable bonds is 3. The Morgan fingerprint density at radius 2 is 1.72 bits per heavy atom. The number of ether oxygens (including phenoxy) is 1. The average Bonchev–Trinajstić information content (AvgIpc) is 2.78. The second kappa shape index (κ2) is 5.30. The molecule has 0 radical (unpaired) electrons. The highest BCUT2D eigenvalue weighted by Crippen LogP contribution is 2.44. The summed E-state index contributed by atoms with van der Waals surface area (Å²) in [5, 5.41) is 0. The summed E-state index contributed by atoms with van der Waals surface area (Å²) in [5.74, 6) is 0.471. The summed E-state index contributed by atoms with van der Waals surface area (Å²) < 4.78 is 5.40. The minimum atomic E-state index is -0.212. The van der Waals surface area contributed by atoms with E-state index in [9.17, 15) is 4.79 Å². The van der Waals surface area contributed by atoms with E-state index in [1.165, 1.54) is 12.8 Å². The largest absolute Gasteiger partial charge is 0.379 e. The van der Waals surface area contributed by atoms with Crippen molar-refractivity contribution in [1.29, 1.82) is 0 Å². The van der Waals surface area contributed by atoms with E-state index in [1.807, 2.05) is 0 Å². The van der Waals surface area contributed by atoms with Crippen LogP contribution in [0.3, 0.4) is 0 Å². The van der Waals surface area contributed by atoms with Crippen LogP contribution in [0.25, 0.3) is 0 Å². The van der Waals surface area contributed by atoms with Crippen LogP contribution in [0.4, 0.5) is 0 Å². The van der Waals surface area contributed by atoms with Crippen molar-refractivity contribution in [3.63, 3.8) is 0 Å². The van der Waals surface area contributed by atoms with Crippen molar-refractivity contribution < 1.29 is 9.53 Å². The molecule has 0 spiro atoms. The van der Waals surface area contributed by atoms with Gasteiger partial charge in [0.15, 0.2) is 0 Å². The van der Waals surface area contributed by atoms with E-state index in [-0.39, 0.29) is 10.8 Å². The van der Waals surface area contributed by atoms with Crippen molar-refractivity contribution in [3.8, 4) is 0 Å². The maximum absolute atomic E-state index is 12.8. The first kappa shape index (κ1) is 14.0. The molecule has 1 saturated carbocycles. The Balaban J connectivity index is 2.09. The van der Waals surface area contributed by atoms with Gasteiger partial charge in [-0.25, -0.2) is 0 Å². The maximum atomic E-state index is 12.8. The highest BCUT2D eigenvalue weighted by atomic mass is 16.5. The molecular formula is C15H27NO2. The van der Waals surface area contributed by atoms with Gasteiger partial charge in [-0.2, -0.15) is 0 Å². The average molecular weight is 253 g/mol. The molecule has 0 amide bonds. The van der Waals surface area contributed by atoms with Crippen LogP contribution in [-0.2, 0) is 9.53 Å². The Morgan fingerprint density at radius 3 is 2.22 bits per heavy atom. The van der Waals surface area contributed by atoms with E-state index in [0.29, 0.717) is 5.78 Å². The molecule has 1 heterocycles. The molecule has 104 valence electrons. The van der Waals surface area contributed by atoms with Gasteiger partial charge in [0, 0.05) is 30.5 Å². The summed E-state index contributed by atoms with van der Waals surface area (Å²) in [6.45, 7) is 10.8. The quantitative estimate of drug-likeness (QED) is 0.774. The van der Waals surface area contributed by atoms with E-state index in [1.54, 1.807) is 0 Å². The lowest BCUT2D eigenvalue weighted by atomic mass is 9.70. The first-order valence-corrected chi connectivity index (χ1v) is 7.29. The van der Waals surface area contributed by atoms with Gasteiger partial charge >= 0.3 is 0 Å². The van der Waals surface area contributed by atoms with Crippen molar-refractivity contribution in [1.82, 2.24) is 4.90 Å². The molecular weight excluding hydrogens is 226 g/mol. The molecule has 0 atom stereocenters. The smallest absolute Gasteiger partial charge is 0.145 e. The SMILES string of the molecule is CC(C)(C)C(=O)C1(CN2CCOCC2)CCCC1. The molecule has 0 aromatic rings. The molecule has 0 N–H and O–H groups in total.